The van der Waals surface area contributed by atoms with Crippen molar-refractivity contribution in [3.8, 4) is 0 Å². The molecule has 0 heterocycles. The van der Waals surface area contributed by atoms with Crippen LogP contribution in [0.2, 0.25) is 0 Å². The number of allylic oxidation sites excluding steroid dienone is 4. The van der Waals surface area contributed by atoms with Crippen molar-refractivity contribution in [1.82, 2.24) is 0 Å². The second kappa shape index (κ2) is 16.5. The van der Waals surface area contributed by atoms with Crippen LogP contribution in [0.15, 0.2) is 122 Å². The summed E-state index contributed by atoms with van der Waals surface area (Å²) in [4.78, 5) is 0. The Morgan fingerprint density at radius 3 is 1.60 bits per heavy atom. The molecule has 0 N–H and O–H groups in total. The average molecular weight is 675 g/mol. The fourth-order valence-electron chi connectivity index (χ4n) is 4.50. The van der Waals surface area contributed by atoms with E-state index in [1.165, 1.54) is 51.4 Å². The van der Waals surface area contributed by atoms with Gasteiger partial charge in [0, 0.05) is 0 Å². The van der Waals surface area contributed by atoms with E-state index in [9.17, 15) is 8.78 Å². The minimum absolute atomic E-state index is 0. The van der Waals surface area contributed by atoms with Crippen molar-refractivity contribution in [2.24, 2.45) is 5.92 Å². The molecule has 6 rings (SSSR count). The monoisotopic (exact) mass is 672 g/mol. The Labute approximate surface area is 274 Å². The van der Waals surface area contributed by atoms with Crippen molar-refractivity contribution in [1.29, 1.82) is 0 Å². The molecule has 5 aromatic rings. The molecule has 5 heteroatoms. The molecule has 0 amide bonds. The van der Waals surface area contributed by atoms with E-state index in [2.05, 4.69) is 81.6 Å². The van der Waals surface area contributed by atoms with Gasteiger partial charge in [0.05, 0.1) is 0 Å². The zero-order valence-corrected chi connectivity index (χ0v) is 27.4. The van der Waals surface area contributed by atoms with E-state index >= 15 is 0 Å². The smallest absolute Gasteiger partial charge is 1.00 e. The average Bonchev–Trinajstić information content (AvgIpc) is 3.53. The number of fused-ring (bicyclic) bond motifs is 3. The third-order valence-corrected chi connectivity index (χ3v) is 7.96. The molecule has 0 radical (unpaired) electrons. The first-order chi connectivity index (χ1) is 19.3. The number of benzene rings is 4. The largest absolute Gasteiger partial charge is 1.00 e. The Kier molecular flexibility index (Phi) is 13.8. The number of halogens is 4. The van der Waals surface area contributed by atoms with Gasteiger partial charge in [0.15, 0.2) is 0 Å². The molecule has 212 valence electrons. The number of hydrogen-bond donors (Lipinski definition) is 0. The maximum atomic E-state index is 13.0. The standard InChI is InChI=1S/C17H13.C13H8F2.C7H9.2ClH.Zr/c1-3-12-5-7-14-11-15-8-6-13(4-2)10-17(15)16(14)9-12;14-12-5-1-3-10(8-12)7-11-4-2-6-13(15)9-11;1-6-3-4-7(2)5-6;;;/h3-11H,1-2H2;1-6,8-9H;3,5,7H,1-2H3;2*1H;/q-1;;-1;;;+2/p-2. The van der Waals surface area contributed by atoms with Gasteiger partial charge in [-0.2, -0.15) is 6.08 Å². The minimum Gasteiger partial charge on any atom is -1.00 e. The maximum absolute atomic E-state index is 13.0. The zero-order chi connectivity index (χ0) is 28.6. The number of rotatable bonds is 4. The van der Waals surface area contributed by atoms with E-state index in [4.69, 9.17) is 0 Å². The molecule has 0 fully saturated rings. The van der Waals surface area contributed by atoms with E-state index in [-0.39, 0.29) is 36.4 Å². The molecular weight excluding hydrogens is 645 g/mol. The van der Waals surface area contributed by atoms with Crippen molar-refractivity contribution >= 4 is 36.9 Å². The topological polar surface area (TPSA) is 0 Å². The third-order valence-electron chi connectivity index (χ3n) is 6.54. The summed E-state index contributed by atoms with van der Waals surface area (Å²) >= 11 is 1.13. The van der Waals surface area contributed by atoms with Crippen LogP contribution < -0.4 is 24.8 Å². The van der Waals surface area contributed by atoms with Gasteiger partial charge in [0.25, 0.3) is 0 Å². The van der Waals surface area contributed by atoms with Crippen LogP contribution in [-0.2, 0) is 24.2 Å². The SMILES string of the molecule is C=Cc1ccc2[cH-]c3ccc(C=C)cc3c2c1.CC1=CC(C)[C-]=C1.Fc1cccc([C](=[Zr+2])c2cccc(F)c2)c1.[Cl-].[Cl-]. The number of hydrogen-bond acceptors (Lipinski definition) is 0. The van der Waals surface area contributed by atoms with Crippen LogP contribution in [0.5, 0.6) is 0 Å². The first-order valence-electron chi connectivity index (χ1n) is 13.0. The second-order valence-electron chi connectivity index (χ2n) is 9.65. The van der Waals surface area contributed by atoms with Crippen LogP contribution in [0.25, 0.3) is 33.7 Å². The van der Waals surface area contributed by atoms with Gasteiger partial charge in [-0.25, -0.2) is 11.6 Å². The van der Waals surface area contributed by atoms with E-state index in [0.29, 0.717) is 5.92 Å². The molecule has 0 bridgehead atoms. The maximum Gasteiger partial charge on any atom is -1.00 e. The zero-order valence-electron chi connectivity index (χ0n) is 23.5. The van der Waals surface area contributed by atoms with Gasteiger partial charge in [-0.15, -0.1) is 46.7 Å². The summed E-state index contributed by atoms with van der Waals surface area (Å²) in [6.45, 7) is 11.9. The van der Waals surface area contributed by atoms with Gasteiger partial charge in [0.1, 0.15) is 0 Å². The summed E-state index contributed by atoms with van der Waals surface area (Å²) in [5.74, 6) is 0.0163. The van der Waals surface area contributed by atoms with Crippen molar-refractivity contribution in [2.45, 2.75) is 13.8 Å². The molecule has 0 saturated carbocycles. The molecular formula is C37H30Cl2F2Zr-2. The summed E-state index contributed by atoms with van der Waals surface area (Å²) in [6, 6.07) is 27.8. The molecule has 0 nitrogen and oxygen atoms in total. The Hall–Kier alpha value is -3.10. The van der Waals surface area contributed by atoms with Crippen LogP contribution in [0.4, 0.5) is 8.78 Å². The molecule has 1 unspecified atom stereocenters. The second-order valence-corrected chi connectivity index (χ2v) is 10.9. The van der Waals surface area contributed by atoms with Crippen molar-refractivity contribution in [3.05, 3.63) is 162 Å². The predicted octanol–water partition coefficient (Wildman–Crippen LogP) is 4.03. The quantitative estimate of drug-likeness (QED) is 0.253. The van der Waals surface area contributed by atoms with Gasteiger partial charge < -0.3 is 24.8 Å². The molecule has 5 aromatic carbocycles. The molecule has 1 aliphatic carbocycles. The van der Waals surface area contributed by atoms with E-state index < -0.39 is 0 Å². The fourth-order valence-corrected chi connectivity index (χ4v) is 5.26. The van der Waals surface area contributed by atoms with E-state index in [0.717, 1.165) is 49.7 Å². The molecule has 0 spiro atoms. The summed E-state index contributed by atoms with van der Waals surface area (Å²) in [6.07, 6.45) is 11.1. The first kappa shape index (κ1) is 35.1. The Morgan fingerprint density at radius 2 is 1.26 bits per heavy atom. The predicted molar refractivity (Wildman–Crippen MR) is 164 cm³/mol. The summed E-state index contributed by atoms with van der Waals surface area (Å²) in [5, 5.41) is 5.15. The van der Waals surface area contributed by atoms with Crippen molar-refractivity contribution in [3.63, 3.8) is 0 Å². The first-order valence-corrected chi connectivity index (χ1v) is 14.3. The summed E-state index contributed by atoms with van der Waals surface area (Å²) in [7, 11) is 0. The third kappa shape index (κ3) is 9.20. The van der Waals surface area contributed by atoms with Gasteiger partial charge in [-0.3, -0.25) is 6.08 Å². The van der Waals surface area contributed by atoms with Gasteiger partial charge in [-0.05, 0) is 11.1 Å². The van der Waals surface area contributed by atoms with E-state index in [1.54, 1.807) is 12.1 Å². The van der Waals surface area contributed by atoms with Crippen LogP contribution in [0, 0.1) is 23.6 Å². The Morgan fingerprint density at radius 1 is 0.786 bits per heavy atom. The van der Waals surface area contributed by atoms with Crippen molar-refractivity contribution < 1.29 is 57.8 Å². The molecule has 1 aliphatic rings. The molecule has 42 heavy (non-hydrogen) atoms. The molecule has 0 saturated heterocycles. The summed E-state index contributed by atoms with van der Waals surface area (Å²) in [5.41, 5.74) is 5.28. The molecule has 1 atom stereocenters. The van der Waals surface area contributed by atoms with E-state index in [1.807, 2.05) is 30.4 Å². The van der Waals surface area contributed by atoms with Crippen LogP contribution in [0.1, 0.15) is 36.1 Å². The normalized spacial score (nSPS) is 13.0. The van der Waals surface area contributed by atoms with Gasteiger partial charge >= 0.3 is 108 Å². The Balaban J connectivity index is 0.000000231. The van der Waals surface area contributed by atoms with Crippen LogP contribution in [0.3, 0.4) is 0 Å². The fraction of sp³-hybridized carbons (Fsp3) is 0.0811. The van der Waals surface area contributed by atoms with Gasteiger partial charge in [-0.1, -0.05) is 62.4 Å². The Bertz CT molecular complexity index is 1650. The minimum atomic E-state index is -0.270. The van der Waals surface area contributed by atoms with Gasteiger partial charge in [0.2, 0.25) is 0 Å². The molecule has 0 aliphatic heterocycles. The van der Waals surface area contributed by atoms with Crippen LogP contribution >= 0.6 is 0 Å². The van der Waals surface area contributed by atoms with Crippen molar-refractivity contribution in [2.75, 3.05) is 0 Å². The molecule has 0 aromatic heterocycles. The summed E-state index contributed by atoms with van der Waals surface area (Å²) < 4.78 is 27.0. The van der Waals surface area contributed by atoms with Crippen LogP contribution in [-0.4, -0.2) is 3.21 Å².